The van der Waals surface area contributed by atoms with Crippen LogP contribution in [0.25, 0.3) is 0 Å². The summed E-state index contributed by atoms with van der Waals surface area (Å²) < 4.78 is 5.51. The van der Waals surface area contributed by atoms with Crippen LogP contribution in [0.4, 0.5) is 0 Å². The van der Waals surface area contributed by atoms with Crippen LogP contribution in [-0.2, 0) is 30.3 Å². The number of nitrogens with zero attached hydrogens (tertiary/aromatic N) is 1. The molecule has 3 rings (SSSR count). The molecule has 1 aromatic carbocycles. The molecular weight excluding hydrogens is 466 g/mol. The van der Waals surface area contributed by atoms with Crippen LogP contribution in [0.1, 0.15) is 40.2 Å². The molecule has 0 bridgehead atoms. The monoisotopic (exact) mass is 493 g/mol. The number of esters is 1. The van der Waals surface area contributed by atoms with Gasteiger partial charge >= 0.3 is 5.97 Å². The molecule has 2 N–H and O–H groups in total. The molecule has 1 unspecified atom stereocenters. The first-order valence-corrected chi connectivity index (χ1v) is 12.1. The molecule has 0 spiro atoms. The zero-order chi connectivity index (χ0) is 24.5. The second-order valence-electron chi connectivity index (χ2n) is 9.20. The molecule has 2 aliphatic rings. The number of rotatable bonds is 6. The lowest BCUT2D eigenvalue weighted by Crippen LogP contribution is -2.71. The Labute approximate surface area is 202 Å². The van der Waals surface area contributed by atoms with E-state index in [1.807, 2.05) is 0 Å². The summed E-state index contributed by atoms with van der Waals surface area (Å²) in [5, 5.41) is 5.51. The lowest BCUT2D eigenvalue weighted by atomic mass is 10.0. The van der Waals surface area contributed by atoms with Gasteiger partial charge in [0, 0.05) is 16.7 Å². The number of hydrogen-bond acceptors (Lipinski definition) is 6. The van der Waals surface area contributed by atoms with Crippen LogP contribution in [0.15, 0.2) is 35.7 Å². The average Bonchev–Trinajstić information content (AvgIpc) is 2.71. The highest BCUT2D eigenvalue weighted by atomic mass is 35.5. The Morgan fingerprint density at radius 2 is 1.91 bits per heavy atom. The molecule has 0 aliphatic carbocycles. The molecule has 0 radical (unpaired) electrons. The standard InChI is InChI=1S/C23H28ClN3O5S/c1-12(2)19(29)25-15-11-33-21-17(26-16(28)10-13-8-6-7-9-14(13)24)20(30)27(21)18(15)22(31)32-23(3,4)5/h6-9,12,17,21H,10-11H2,1-5H3,(H,25,29)(H,26,28)/t17?,21-/m1/s1. The van der Waals surface area contributed by atoms with E-state index in [0.717, 1.165) is 0 Å². The number of hydrogen-bond donors (Lipinski definition) is 2. The summed E-state index contributed by atoms with van der Waals surface area (Å²) in [6.45, 7) is 8.65. The second-order valence-corrected chi connectivity index (χ2v) is 10.7. The van der Waals surface area contributed by atoms with E-state index in [2.05, 4.69) is 10.6 Å². The molecule has 3 amide bonds. The quantitative estimate of drug-likeness (QED) is 0.466. The Morgan fingerprint density at radius 3 is 2.52 bits per heavy atom. The van der Waals surface area contributed by atoms with Crippen molar-refractivity contribution in [1.82, 2.24) is 15.5 Å². The number of amides is 3. The van der Waals surface area contributed by atoms with Gasteiger partial charge in [0.25, 0.3) is 5.91 Å². The van der Waals surface area contributed by atoms with Crippen LogP contribution in [0.2, 0.25) is 5.02 Å². The molecule has 1 aromatic rings. The summed E-state index contributed by atoms with van der Waals surface area (Å²) >= 11 is 7.49. The first-order valence-electron chi connectivity index (χ1n) is 10.6. The van der Waals surface area contributed by atoms with E-state index in [9.17, 15) is 19.2 Å². The number of thioether (sulfide) groups is 1. The van der Waals surface area contributed by atoms with Gasteiger partial charge in [-0.3, -0.25) is 19.3 Å². The maximum absolute atomic E-state index is 13.0. The Hall–Kier alpha value is -2.52. The van der Waals surface area contributed by atoms with Crippen molar-refractivity contribution >= 4 is 47.1 Å². The van der Waals surface area contributed by atoms with Crippen molar-refractivity contribution in [3.63, 3.8) is 0 Å². The number of carbonyl (C=O) groups excluding carboxylic acids is 4. The van der Waals surface area contributed by atoms with Crippen molar-refractivity contribution in [2.24, 2.45) is 5.92 Å². The van der Waals surface area contributed by atoms with Gasteiger partial charge in [-0.05, 0) is 32.4 Å². The molecule has 178 valence electrons. The number of ether oxygens (including phenoxy) is 1. The average molecular weight is 494 g/mol. The largest absolute Gasteiger partial charge is 0.455 e. The van der Waals surface area contributed by atoms with Crippen molar-refractivity contribution < 1.29 is 23.9 Å². The number of benzene rings is 1. The van der Waals surface area contributed by atoms with E-state index in [1.165, 1.54) is 16.7 Å². The van der Waals surface area contributed by atoms with Gasteiger partial charge in [0.1, 0.15) is 17.0 Å². The molecule has 10 heteroatoms. The van der Waals surface area contributed by atoms with E-state index in [-0.39, 0.29) is 29.9 Å². The minimum absolute atomic E-state index is 0.0178. The molecule has 1 saturated heterocycles. The Balaban J connectivity index is 1.79. The SMILES string of the molecule is CC(C)C(=O)NC1=C(C(=O)OC(C)(C)C)N2C(=O)C(NC(=O)Cc3ccccc3Cl)[C@H]2SC1. The highest BCUT2D eigenvalue weighted by molar-refractivity contribution is 8.00. The van der Waals surface area contributed by atoms with Crippen LogP contribution in [-0.4, -0.2) is 51.4 Å². The molecule has 33 heavy (non-hydrogen) atoms. The smallest absolute Gasteiger partial charge is 0.357 e. The Bertz CT molecular complexity index is 1020. The first kappa shape index (κ1) is 25.1. The summed E-state index contributed by atoms with van der Waals surface area (Å²) in [4.78, 5) is 52.2. The fourth-order valence-electron chi connectivity index (χ4n) is 3.36. The topological polar surface area (TPSA) is 105 Å². The van der Waals surface area contributed by atoms with Gasteiger partial charge in [0.2, 0.25) is 11.8 Å². The Kier molecular flexibility index (Phi) is 7.43. The van der Waals surface area contributed by atoms with Crippen molar-refractivity contribution in [3.05, 3.63) is 46.2 Å². The fraction of sp³-hybridized carbons (Fsp3) is 0.478. The maximum atomic E-state index is 13.0. The fourth-order valence-corrected chi connectivity index (χ4v) is 4.85. The molecule has 8 nitrogen and oxygen atoms in total. The van der Waals surface area contributed by atoms with Gasteiger partial charge in [0.05, 0.1) is 12.1 Å². The number of nitrogens with one attached hydrogen (secondary N) is 2. The van der Waals surface area contributed by atoms with Crippen LogP contribution in [0.5, 0.6) is 0 Å². The highest BCUT2D eigenvalue weighted by Gasteiger charge is 2.55. The summed E-state index contributed by atoms with van der Waals surface area (Å²) in [6, 6.07) is 6.22. The van der Waals surface area contributed by atoms with Crippen molar-refractivity contribution in [3.8, 4) is 0 Å². The molecule has 2 heterocycles. The molecular formula is C23H28ClN3O5S. The predicted octanol–water partition coefficient (Wildman–Crippen LogP) is 2.61. The third-order valence-electron chi connectivity index (χ3n) is 4.98. The van der Waals surface area contributed by atoms with Crippen molar-refractivity contribution in [2.45, 2.75) is 58.1 Å². The van der Waals surface area contributed by atoms with Crippen LogP contribution >= 0.6 is 23.4 Å². The summed E-state index contributed by atoms with van der Waals surface area (Å²) in [5.41, 5.74) is 0.223. The molecule has 0 saturated carbocycles. The molecule has 2 aliphatic heterocycles. The van der Waals surface area contributed by atoms with Gasteiger partial charge < -0.3 is 15.4 Å². The summed E-state index contributed by atoms with van der Waals surface area (Å²) in [6.07, 6.45) is 0.0330. The van der Waals surface area contributed by atoms with Gasteiger partial charge in [-0.25, -0.2) is 4.79 Å². The lowest BCUT2D eigenvalue weighted by molar-refractivity contribution is -0.159. The minimum atomic E-state index is -0.787. The summed E-state index contributed by atoms with van der Waals surface area (Å²) in [7, 11) is 0. The second kappa shape index (κ2) is 9.77. The number of β-lactam (4-membered cyclic amide) rings is 1. The molecule has 2 atom stereocenters. The van der Waals surface area contributed by atoms with E-state index in [4.69, 9.17) is 16.3 Å². The Morgan fingerprint density at radius 1 is 1.24 bits per heavy atom. The zero-order valence-corrected chi connectivity index (χ0v) is 20.8. The van der Waals surface area contributed by atoms with Crippen LogP contribution in [0, 0.1) is 5.92 Å². The van der Waals surface area contributed by atoms with E-state index in [0.29, 0.717) is 22.0 Å². The van der Waals surface area contributed by atoms with Gasteiger partial charge in [-0.1, -0.05) is 43.6 Å². The zero-order valence-electron chi connectivity index (χ0n) is 19.2. The van der Waals surface area contributed by atoms with Gasteiger partial charge in [0.15, 0.2) is 5.70 Å². The number of carbonyl (C=O) groups is 4. The first-order chi connectivity index (χ1) is 15.4. The lowest BCUT2D eigenvalue weighted by Gasteiger charge is -2.49. The third kappa shape index (κ3) is 5.70. The van der Waals surface area contributed by atoms with Crippen molar-refractivity contribution in [1.29, 1.82) is 0 Å². The minimum Gasteiger partial charge on any atom is -0.455 e. The molecule has 0 aromatic heterocycles. The number of fused-ring (bicyclic) bond motifs is 1. The normalized spacial score (nSPS) is 20.2. The third-order valence-corrected chi connectivity index (χ3v) is 6.63. The highest BCUT2D eigenvalue weighted by Crippen LogP contribution is 2.40. The van der Waals surface area contributed by atoms with E-state index >= 15 is 0 Å². The van der Waals surface area contributed by atoms with Gasteiger partial charge in [-0.15, -0.1) is 11.8 Å². The van der Waals surface area contributed by atoms with Crippen LogP contribution < -0.4 is 10.6 Å². The molecule has 1 fully saturated rings. The predicted molar refractivity (Wildman–Crippen MR) is 126 cm³/mol. The van der Waals surface area contributed by atoms with E-state index < -0.39 is 28.9 Å². The summed E-state index contributed by atoms with van der Waals surface area (Å²) in [5.74, 6) is -1.74. The van der Waals surface area contributed by atoms with Crippen LogP contribution in [0.3, 0.4) is 0 Å². The maximum Gasteiger partial charge on any atom is 0.357 e. The van der Waals surface area contributed by atoms with Crippen molar-refractivity contribution in [2.75, 3.05) is 5.75 Å². The number of halogens is 1. The van der Waals surface area contributed by atoms with Gasteiger partial charge in [-0.2, -0.15) is 0 Å². The van der Waals surface area contributed by atoms with E-state index in [1.54, 1.807) is 58.9 Å².